The minimum atomic E-state index is -0.254. The van der Waals surface area contributed by atoms with E-state index in [1.807, 2.05) is 47.0 Å². The minimum absolute atomic E-state index is 0.254. The third-order valence-corrected chi connectivity index (χ3v) is 5.64. The summed E-state index contributed by atoms with van der Waals surface area (Å²) in [6.07, 6.45) is 2.52. The summed E-state index contributed by atoms with van der Waals surface area (Å²) in [5.74, 6) is 1.38. The van der Waals surface area contributed by atoms with Crippen molar-refractivity contribution in [1.82, 2.24) is 14.5 Å². The van der Waals surface area contributed by atoms with Gasteiger partial charge < -0.3 is 14.0 Å². The lowest BCUT2D eigenvalue weighted by molar-refractivity contribution is 0.102. The number of rotatable bonds is 5. The zero-order valence-electron chi connectivity index (χ0n) is 15.5. The third-order valence-electron chi connectivity index (χ3n) is 4.70. The molecule has 0 bridgehead atoms. The summed E-state index contributed by atoms with van der Waals surface area (Å²) in [5.41, 5.74) is 2.78. The number of para-hydroxylation sites is 2. The fourth-order valence-corrected chi connectivity index (χ4v) is 4.17. The van der Waals surface area contributed by atoms with Gasteiger partial charge in [0, 0.05) is 30.2 Å². The number of nitrogens with zero attached hydrogens (tertiary/aromatic N) is 3. The van der Waals surface area contributed by atoms with E-state index in [0.29, 0.717) is 42.1 Å². The zero-order chi connectivity index (χ0) is 19.6. The van der Waals surface area contributed by atoms with Crippen LogP contribution in [-0.2, 0) is 13.0 Å². The monoisotopic (exact) mass is 406 g/mol. The molecule has 0 saturated heterocycles. The molecule has 1 N–H and O–H groups in total. The summed E-state index contributed by atoms with van der Waals surface area (Å²) in [6.45, 7) is 1.58. The first kappa shape index (κ1) is 17.7. The molecule has 1 aromatic carbocycles. The van der Waals surface area contributed by atoms with Crippen LogP contribution in [0.15, 0.2) is 54.0 Å². The smallest absolute Gasteiger partial charge is 0.272 e. The summed E-state index contributed by atoms with van der Waals surface area (Å²) in [4.78, 5) is 22.5. The van der Waals surface area contributed by atoms with Crippen molar-refractivity contribution in [2.75, 3.05) is 18.5 Å². The Morgan fingerprint density at radius 2 is 2.00 bits per heavy atom. The molecule has 146 valence electrons. The molecular formula is C21H18N4O3S. The highest BCUT2D eigenvalue weighted by Crippen LogP contribution is 2.39. The van der Waals surface area contributed by atoms with E-state index in [1.165, 1.54) is 11.3 Å². The van der Waals surface area contributed by atoms with Crippen LogP contribution in [0.3, 0.4) is 0 Å². The van der Waals surface area contributed by atoms with Crippen molar-refractivity contribution in [2.45, 2.75) is 13.0 Å². The number of thiophene rings is 1. The number of imidazole rings is 1. The minimum Gasteiger partial charge on any atom is -0.485 e. The number of hydrogen-bond acceptors (Lipinski definition) is 6. The van der Waals surface area contributed by atoms with Crippen molar-refractivity contribution >= 4 is 34.2 Å². The molecule has 0 radical (unpaired) electrons. The summed E-state index contributed by atoms with van der Waals surface area (Å²) in [7, 11) is 0. The number of aromatic nitrogens is 3. The number of carbonyl (C=O) groups is 1. The molecule has 0 saturated carbocycles. The van der Waals surface area contributed by atoms with Crippen molar-refractivity contribution in [1.29, 1.82) is 0 Å². The first-order valence-corrected chi connectivity index (χ1v) is 10.2. The number of pyridine rings is 1. The van der Waals surface area contributed by atoms with E-state index in [4.69, 9.17) is 9.47 Å². The maximum absolute atomic E-state index is 12.9. The molecule has 0 atom stereocenters. The molecule has 0 fully saturated rings. The van der Waals surface area contributed by atoms with Crippen molar-refractivity contribution in [3.05, 3.63) is 64.6 Å². The molecule has 1 amide bonds. The van der Waals surface area contributed by atoms with Gasteiger partial charge in [0.25, 0.3) is 5.91 Å². The number of fused-ring (bicyclic) bond motifs is 2. The average Bonchev–Trinajstić information content (AvgIpc) is 3.34. The van der Waals surface area contributed by atoms with Gasteiger partial charge in [0.2, 0.25) is 5.95 Å². The quantitative estimate of drug-likeness (QED) is 0.546. The molecule has 5 rings (SSSR count). The van der Waals surface area contributed by atoms with Crippen molar-refractivity contribution < 1.29 is 14.3 Å². The lowest BCUT2D eigenvalue weighted by Crippen LogP contribution is -2.19. The molecule has 4 heterocycles. The van der Waals surface area contributed by atoms with E-state index >= 15 is 0 Å². The first-order valence-electron chi connectivity index (χ1n) is 9.33. The van der Waals surface area contributed by atoms with Gasteiger partial charge in [-0.3, -0.25) is 15.1 Å². The summed E-state index contributed by atoms with van der Waals surface area (Å²) in [5, 5.41) is 4.76. The van der Waals surface area contributed by atoms with Gasteiger partial charge in [-0.1, -0.05) is 18.2 Å². The Hall–Kier alpha value is -3.39. The van der Waals surface area contributed by atoms with Crippen LogP contribution >= 0.6 is 11.3 Å². The van der Waals surface area contributed by atoms with Crippen LogP contribution in [-0.4, -0.2) is 33.7 Å². The molecule has 0 unspecified atom stereocenters. The van der Waals surface area contributed by atoms with E-state index in [9.17, 15) is 4.79 Å². The Balaban J connectivity index is 1.45. The number of hydrogen-bond donors (Lipinski definition) is 1. The number of aryl methyl sites for hydroxylation is 2. The van der Waals surface area contributed by atoms with Crippen LogP contribution in [0.25, 0.3) is 11.0 Å². The molecule has 1 aliphatic rings. The summed E-state index contributed by atoms with van der Waals surface area (Å²) >= 11 is 1.31. The SMILES string of the molecule is O=C(Nc1nc2ccccc2n1CCc1ccccn1)c1scc2c1OCCO2. The van der Waals surface area contributed by atoms with E-state index in [-0.39, 0.29) is 5.91 Å². The average molecular weight is 406 g/mol. The van der Waals surface area contributed by atoms with Crippen molar-refractivity contribution in [2.24, 2.45) is 0 Å². The maximum Gasteiger partial charge on any atom is 0.272 e. The predicted octanol–water partition coefficient (Wildman–Crippen LogP) is 3.76. The first-order chi connectivity index (χ1) is 14.3. The highest BCUT2D eigenvalue weighted by Gasteiger charge is 2.25. The lowest BCUT2D eigenvalue weighted by Gasteiger charge is -2.16. The van der Waals surface area contributed by atoms with Crippen LogP contribution in [0, 0.1) is 0 Å². The Kier molecular flexibility index (Phi) is 4.61. The highest BCUT2D eigenvalue weighted by atomic mass is 32.1. The van der Waals surface area contributed by atoms with E-state index in [1.54, 1.807) is 11.6 Å². The van der Waals surface area contributed by atoms with Gasteiger partial charge in [-0.05, 0) is 24.3 Å². The number of anilines is 1. The van der Waals surface area contributed by atoms with E-state index < -0.39 is 0 Å². The Labute approximate surface area is 170 Å². The normalized spacial score (nSPS) is 12.8. The zero-order valence-corrected chi connectivity index (χ0v) is 16.3. The molecule has 8 heteroatoms. The van der Waals surface area contributed by atoms with Gasteiger partial charge in [-0.2, -0.15) is 0 Å². The second-order valence-electron chi connectivity index (χ2n) is 6.56. The number of ether oxygens (including phenoxy) is 2. The van der Waals surface area contributed by atoms with Gasteiger partial charge >= 0.3 is 0 Å². The second kappa shape index (κ2) is 7.56. The largest absolute Gasteiger partial charge is 0.485 e. The fourth-order valence-electron chi connectivity index (χ4n) is 3.35. The van der Waals surface area contributed by atoms with Crippen molar-refractivity contribution in [3.63, 3.8) is 0 Å². The highest BCUT2D eigenvalue weighted by molar-refractivity contribution is 7.13. The van der Waals surface area contributed by atoms with Gasteiger partial charge in [0.15, 0.2) is 11.5 Å². The van der Waals surface area contributed by atoms with Crippen LogP contribution in [0.4, 0.5) is 5.95 Å². The standard InChI is InChI=1S/C21H18N4O3S/c26-20(19-18-17(13-29-19)27-11-12-28-18)24-21-23-15-6-1-2-7-16(15)25(21)10-8-14-5-3-4-9-22-14/h1-7,9,13H,8,10-12H2,(H,23,24,26). The molecule has 0 aliphatic carbocycles. The Morgan fingerprint density at radius 1 is 1.14 bits per heavy atom. The molecule has 1 aliphatic heterocycles. The number of amides is 1. The van der Waals surface area contributed by atoms with Crippen LogP contribution < -0.4 is 14.8 Å². The number of nitrogens with one attached hydrogen (secondary N) is 1. The molecule has 3 aromatic heterocycles. The lowest BCUT2D eigenvalue weighted by atomic mass is 10.2. The van der Waals surface area contributed by atoms with Gasteiger partial charge in [0.1, 0.15) is 18.1 Å². The molecule has 0 spiro atoms. The second-order valence-corrected chi connectivity index (χ2v) is 7.44. The van der Waals surface area contributed by atoms with E-state index in [2.05, 4.69) is 15.3 Å². The molecular weight excluding hydrogens is 388 g/mol. The summed E-state index contributed by atoms with van der Waals surface area (Å²) < 4.78 is 13.2. The van der Waals surface area contributed by atoms with Gasteiger partial charge in [-0.15, -0.1) is 11.3 Å². The molecule has 7 nitrogen and oxygen atoms in total. The van der Waals surface area contributed by atoms with Crippen LogP contribution in [0.2, 0.25) is 0 Å². The Morgan fingerprint density at radius 3 is 2.90 bits per heavy atom. The molecule has 29 heavy (non-hydrogen) atoms. The third kappa shape index (κ3) is 3.42. The van der Waals surface area contributed by atoms with Crippen molar-refractivity contribution in [3.8, 4) is 11.5 Å². The summed E-state index contributed by atoms with van der Waals surface area (Å²) in [6, 6.07) is 13.7. The van der Waals surface area contributed by atoms with Crippen LogP contribution in [0.5, 0.6) is 11.5 Å². The molecule has 4 aromatic rings. The number of benzene rings is 1. The number of carbonyl (C=O) groups excluding carboxylic acids is 1. The Bertz CT molecular complexity index is 1170. The van der Waals surface area contributed by atoms with E-state index in [0.717, 1.165) is 23.1 Å². The topological polar surface area (TPSA) is 78.3 Å². The fraction of sp³-hybridized carbons (Fsp3) is 0.190. The van der Waals surface area contributed by atoms with Gasteiger partial charge in [0.05, 0.1) is 11.0 Å². The maximum atomic E-state index is 12.9. The van der Waals surface area contributed by atoms with Gasteiger partial charge in [-0.25, -0.2) is 4.98 Å². The predicted molar refractivity (Wildman–Crippen MR) is 111 cm³/mol. The van der Waals surface area contributed by atoms with Crippen LogP contribution in [0.1, 0.15) is 15.4 Å².